The number of benzene rings is 2. The van der Waals surface area contributed by atoms with Gasteiger partial charge in [-0.05, 0) is 12.1 Å². The van der Waals surface area contributed by atoms with Crippen LogP contribution in [0.3, 0.4) is 0 Å². The van der Waals surface area contributed by atoms with Crippen LogP contribution < -0.4 is 4.74 Å². The molecule has 4 nitrogen and oxygen atoms in total. The monoisotopic (exact) mass is 269 g/mol. The highest BCUT2D eigenvalue weighted by molar-refractivity contribution is 6.43. The molecule has 0 heterocycles. The van der Waals surface area contributed by atoms with E-state index in [1.165, 1.54) is 7.11 Å². The van der Waals surface area contributed by atoms with Crippen molar-refractivity contribution in [2.24, 2.45) is 4.99 Å². The van der Waals surface area contributed by atoms with Crippen LogP contribution in [0.15, 0.2) is 59.6 Å². The van der Waals surface area contributed by atoms with Gasteiger partial charge in [0.05, 0.1) is 14.2 Å². The molecule has 0 radical (unpaired) electrons. The molecule has 0 aliphatic heterocycles. The van der Waals surface area contributed by atoms with E-state index >= 15 is 0 Å². The quantitative estimate of drug-likeness (QED) is 0.633. The maximum Gasteiger partial charge on any atom is 0.357 e. The molecule has 0 N–H and O–H groups in total. The van der Waals surface area contributed by atoms with Crippen molar-refractivity contribution in [2.45, 2.75) is 0 Å². The third kappa shape index (κ3) is 3.03. The van der Waals surface area contributed by atoms with Crippen molar-refractivity contribution in [1.29, 1.82) is 0 Å². The summed E-state index contributed by atoms with van der Waals surface area (Å²) in [6.07, 6.45) is 0. The Labute approximate surface area is 117 Å². The Morgan fingerprint density at radius 1 is 0.950 bits per heavy atom. The molecular weight excluding hydrogens is 254 g/mol. The van der Waals surface area contributed by atoms with Gasteiger partial charge in [0, 0.05) is 5.56 Å². The van der Waals surface area contributed by atoms with Crippen molar-refractivity contribution in [3.63, 3.8) is 0 Å². The van der Waals surface area contributed by atoms with E-state index in [4.69, 9.17) is 9.47 Å². The first-order chi connectivity index (χ1) is 9.76. The summed E-state index contributed by atoms with van der Waals surface area (Å²) in [6, 6.07) is 16.4. The molecule has 0 unspecified atom stereocenters. The van der Waals surface area contributed by atoms with E-state index in [2.05, 4.69) is 4.99 Å². The van der Waals surface area contributed by atoms with Gasteiger partial charge < -0.3 is 9.47 Å². The average molecular weight is 269 g/mol. The van der Waals surface area contributed by atoms with Crippen LogP contribution in [0.4, 0.5) is 5.69 Å². The smallest absolute Gasteiger partial charge is 0.357 e. The molecule has 4 heteroatoms. The second-order valence-corrected chi connectivity index (χ2v) is 3.99. The average Bonchev–Trinajstić information content (AvgIpc) is 2.53. The second-order valence-electron chi connectivity index (χ2n) is 3.99. The zero-order valence-electron chi connectivity index (χ0n) is 11.4. The summed E-state index contributed by atoms with van der Waals surface area (Å²) in [4.78, 5) is 16.3. The highest BCUT2D eigenvalue weighted by atomic mass is 16.5. The predicted molar refractivity (Wildman–Crippen MR) is 77.6 cm³/mol. The molecule has 0 aliphatic carbocycles. The molecule has 2 aromatic rings. The van der Waals surface area contributed by atoms with Crippen LogP contribution in [0, 0.1) is 0 Å². The lowest BCUT2D eigenvalue weighted by molar-refractivity contribution is -0.132. The van der Waals surface area contributed by atoms with Crippen LogP contribution in [0.5, 0.6) is 5.75 Å². The minimum absolute atomic E-state index is 0.248. The molecule has 0 saturated carbocycles. The van der Waals surface area contributed by atoms with Crippen LogP contribution in [0.2, 0.25) is 0 Å². The summed E-state index contributed by atoms with van der Waals surface area (Å²) >= 11 is 0. The van der Waals surface area contributed by atoms with E-state index < -0.39 is 5.97 Å². The van der Waals surface area contributed by atoms with Gasteiger partial charge in [0.15, 0.2) is 5.71 Å². The van der Waals surface area contributed by atoms with Crippen LogP contribution >= 0.6 is 0 Å². The number of methoxy groups -OCH3 is 2. The molecule has 2 rings (SSSR count). The third-order valence-electron chi connectivity index (χ3n) is 2.74. The van der Waals surface area contributed by atoms with E-state index in [1.54, 1.807) is 19.2 Å². The van der Waals surface area contributed by atoms with E-state index in [-0.39, 0.29) is 5.71 Å². The van der Waals surface area contributed by atoms with Crippen molar-refractivity contribution in [1.82, 2.24) is 0 Å². The van der Waals surface area contributed by atoms with Gasteiger partial charge in [-0.2, -0.15) is 0 Å². The first kappa shape index (κ1) is 13.8. The van der Waals surface area contributed by atoms with E-state index in [0.717, 1.165) is 0 Å². The largest absolute Gasteiger partial charge is 0.494 e. The number of rotatable bonds is 4. The molecule has 0 atom stereocenters. The zero-order chi connectivity index (χ0) is 14.4. The van der Waals surface area contributed by atoms with Gasteiger partial charge in [0.25, 0.3) is 0 Å². The van der Waals surface area contributed by atoms with Crippen molar-refractivity contribution >= 4 is 17.4 Å². The Morgan fingerprint density at radius 3 is 2.25 bits per heavy atom. The number of carbonyl (C=O) groups is 1. The molecule has 0 aliphatic rings. The first-order valence-corrected chi connectivity index (χ1v) is 6.11. The lowest BCUT2D eigenvalue weighted by Gasteiger charge is -2.07. The summed E-state index contributed by atoms with van der Waals surface area (Å²) in [5, 5.41) is 0. The van der Waals surface area contributed by atoms with E-state index in [0.29, 0.717) is 17.0 Å². The number of hydrogen-bond donors (Lipinski definition) is 0. The Balaban J connectivity index is 2.52. The Bertz CT molecular complexity index is 621. The SMILES string of the molecule is COC(=O)C(=Nc1ccccc1OC)c1ccccc1. The zero-order valence-corrected chi connectivity index (χ0v) is 11.4. The molecule has 2 aromatic carbocycles. The normalized spacial score (nSPS) is 11.0. The van der Waals surface area contributed by atoms with Crippen LogP contribution in [0.1, 0.15) is 5.56 Å². The number of para-hydroxylation sites is 2. The van der Waals surface area contributed by atoms with Gasteiger partial charge >= 0.3 is 5.97 Å². The van der Waals surface area contributed by atoms with Crippen molar-refractivity contribution < 1.29 is 14.3 Å². The molecule has 0 fully saturated rings. The molecule has 0 aromatic heterocycles. The van der Waals surface area contributed by atoms with Gasteiger partial charge in [-0.15, -0.1) is 0 Å². The summed E-state index contributed by atoms with van der Waals surface area (Å²) < 4.78 is 10.0. The molecule has 102 valence electrons. The summed E-state index contributed by atoms with van der Waals surface area (Å²) in [7, 11) is 2.90. The second kappa shape index (κ2) is 6.52. The molecule has 0 amide bonds. The lowest BCUT2D eigenvalue weighted by Crippen LogP contribution is -2.16. The number of esters is 1. The Morgan fingerprint density at radius 2 is 1.60 bits per heavy atom. The van der Waals surface area contributed by atoms with Gasteiger partial charge in [0.1, 0.15) is 11.4 Å². The topological polar surface area (TPSA) is 47.9 Å². The fourth-order valence-corrected chi connectivity index (χ4v) is 1.76. The highest BCUT2D eigenvalue weighted by Gasteiger charge is 2.15. The van der Waals surface area contributed by atoms with Gasteiger partial charge in [-0.1, -0.05) is 42.5 Å². The molecule has 0 saturated heterocycles. The number of hydrogen-bond acceptors (Lipinski definition) is 4. The highest BCUT2D eigenvalue weighted by Crippen LogP contribution is 2.27. The molecule has 20 heavy (non-hydrogen) atoms. The first-order valence-electron chi connectivity index (χ1n) is 6.11. The number of nitrogens with zero attached hydrogens (tertiary/aromatic N) is 1. The standard InChI is InChI=1S/C16H15NO3/c1-19-14-11-7-6-10-13(14)17-15(16(18)20-2)12-8-4-3-5-9-12/h3-11H,1-2H3. The maximum atomic E-state index is 11.9. The molecule has 0 spiro atoms. The van der Waals surface area contributed by atoms with E-state index in [1.807, 2.05) is 42.5 Å². The minimum Gasteiger partial charge on any atom is -0.494 e. The fraction of sp³-hybridized carbons (Fsp3) is 0.125. The summed E-state index contributed by atoms with van der Waals surface area (Å²) in [6.45, 7) is 0. The van der Waals surface area contributed by atoms with Crippen LogP contribution in [-0.4, -0.2) is 25.9 Å². The van der Waals surface area contributed by atoms with Gasteiger partial charge in [-0.3, -0.25) is 0 Å². The fourth-order valence-electron chi connectivity index (χ4n) is 1.76. The lowest BCUT2D eigenvalue weighted by atomic mass is 10.1. The van der Waals surface area contributed by atoms with Crippen LogP contribution in [0.25, 0.3) is 0 Å². The van der Waals surface area contributed by atoms with Gasteiger partial charge in [-0.25, -0.2) is 9.79 Å². The maximum absolute atomic E-state index is 11.9. The third-order valence-corrected chi connectivity index (χ3v) is 2.74. The van der Waals surface area contributed by atoms with E-state index in [9.17, 15) is 4.79 Å². The Hall–Kier alpha value is -2.62. The van der Waals surface area contributed by atoms with Crippen molar-refractivity contribution in [3.05, 3.63) is 60.2 Å². The van der Waals surface area contributed by atoms with Crippen LogP contribution in [-0.2, 0) is 9.53 Å². The van der Waals surface area contributed by atoms with Crippen molar-refractivity contribution in [2.75, 3.05) is 14.2 Å². The number of ether oxygens (including phenoxy) is 2. The summed E-state index contributed by atoms with van der Waals surface area (Å²) in [5.74, 6) is 0.118. The van der Waals surface area contributed by atoms with Gasteiger partial charge in [0.2, 0.25) is 0 Å². The Kier molecular flexibility index (Phi) is 4.50. The van der Waals surface area contributed by atoms with Crippen molar-refractivity contribution in [3.8, 4) is 5.75 Å². The number of aliphatic imine (C=N–C) groups is 1. The predicted octanol–water partition coefficient (Wildman–Crippen LogP) is 2.99. The minimum atomic E-state index is -0.484. The summed E-state index contributed by atoms with van der Waals surface area (Å²) in [5.41, 5.74) is 1.53. The molecule has 0 bridgehead atoms. The number of carbonyl (C=O) groups excluding carboxylic acids is 1. The molecular formula is C16H15NO3.